The molecule has 0 bridgehead atoms. The van der Waals surface area contributed by atoms with E-state index in [0.717, 1.165) is 36.5 Å². The monoisotopic (exact) mass is 736 g/mol. The Morgan fingerprint density at radius 3 is 2.30 bits per heavy atom. The molecule has 10 atom stereocenters. The third-order valence-electron chi connectivity index (χ3n) is 10.6. The summed E-state index contributed by atoms with van der Waals surface area (Å²) in [7, 11) is -2.34. The van der Waals surface area contributed by atoms with Gasteiger partial charge in [-0.15, -0.1) is 0 Å². The summed E-state index contributed by atoms with van der Waals surface area (Å²) in [5, 5.41) is 12.0. The second-order valence-corrected chi connectivity index (χ2v) is 22.0. The number of carbonyl (C=O) groups excluding carboxylic acids is 1. The molecule has 4 fully saturated rings. The lowest BCUT2D eigenvalue weighted by molar-refractivity contribution is -0.343. The van der Waals surface area contributed by atoms with E-state index < -0.39 is 43.0 Å². The third-order valence-corrected chi connectivity index (χ3v) is 16.0. The largest absolute Gasteiger partial charge is 0.457 e. The fourth-order valence-corrected chi connectivity index (χ4v) is 8.47. The van der Waals surface area contributed by atoms with E-state index in [9.17, 15) is 9.90 Å². The van der Waals surface area contributed by atoms with Gasteiger partial charge in [0.05, 0.1) is 23.9 Å². The van der Waals surface area contributed by atoms with Crippen molar-refractivity contribution in [3.8, 4) is 0 Å². The molecule has 0 aromatic carbocycles. The van der Waals surface area contributed by atoms with E-state index in [1.807, 2.05) is 20.8 Å². The standard InChI is InChI=1S/C33H57IO8Si/c1-20(18-25(35)41-29(3,4)5)32(10,36)28(42-43(11,12)30(6,7)8)27-26(37-27)23-13-14-24-31(9,39-23)15-16-33(40-24)21(2)17-22(19-34)38-33/h18,21-24,26-28,36H,13-17,19H2,1-12H3/b20-18-/t21-,22+,23-,24+,26-,27+,28+,31-,32+,33+/m0/s1. The highest BCUT2D eigenvalue weighted by Gasteiger charge is 2.62. The van der Waals surface area contributed by atoms with Gasteiger partial charge in [0.2, 0.25) is 0 Å². The van der Waals surface area contributed by atoms with E-state index in [-0.39, 0.29) is 35.6 Å². The number of epoxide rings is 1. The Kier molecular flexibility index (Phi) is 10.1. The van der Waals surface area contributed by atoms with Crippen molar-refractivity contribution in [2.45, 2.75) is 179 Å². The smallest absolute Gasteiger partial charge is 0.331 e. The van der Waals surface area contributed by atoms with Crippen molar-refractivity contribution in [1.82, 2.24) is 0 Å². The summed E-state index contributed by atoms with van der Waals surface area (Å²) < 4.78 is 39.9. The highest BCUT2D eigenvalue weighted by molar-refractivity contribution is 14.1. The zero-order valence-electron chi connectivity index (χ0n) is 28.5. The Labute approximate surface area is 274 Å². The second kappa shape index (κ2) is 12.2. The first kappa shape index (κ1) is 35.8. The first-order chi connectivity index (χ1) is 19.5. The molecule has 0 aliphatic carbocycles. The number of hydrogen-bond donors (Lipinski definition) is 1. The number of fused-ring (bicyclic) bond motifs is 1. The summed E-state index contributed by atoms with van der Waals surface area (Å²) in [5.74, 6) is -0.633. The number of halogens is 1. The van der Waals surface area contributed by atoms with Crippen LogP contribution in [-0.4, -0.2) is 83.0 Å². The van der Waals surface area contributed by atoms with Crippen LogP contribution >= 0.6 is 22.6 Å². The van der Waals surface area contributed by atoms with Gasteiger partial charge in [-0.2, -0.15) is 0 Å². The minimum absolute atomic E-state index is 0.0356. The normalized spacial score (nSPS) is 39.3. The van der Waals surface area contributed by atoms with Crippen LogP contribution in [0.4, 0.5) is 0 Å². The fourth-order valence-electron chi connectivity index (χ4n) is 6.58. The van der Waals surface area contributed by atoms with Crippen LogP contribution in [0.5, 0.6) is 0 Å². The molecule has 4 rings (SSSR count). The topological polar surface area (TPSA) is 96.0 Å². The maximum Gasteiger partial charge on any atom is 0.331 e. The molecule has 4 aliphatic heterocycles. The molecule has 4 heterocycles. The van der Waals surface area contributed by atoms with Crippen LogP contribution in [0.15, 0.2) is 11.6 Å². The van der Waals surface area contributed by atoms with Crippen molar-refractivity contribution in [2.75, 3.05) is 4.43 Å². The lowest BCUT2D eigenvalue weighted by Crippen LogP contribution is -2.60. The van der Waals surface area contributed by atoms with Gasteiger partial charge in [-0.25, -0.2) is 4.79 Å². The zero-order valence-corrected chi connectivity index (χ0v) is 31.7. The Morgan fingerprint density at radius 2 is 1.74 bits per heavy atom. The minimum Gasteiger partial charge on any atom is -0.457 e. The van der Waals surface area contributed by atoms with Gasteiger partial charge in [0, 0.05) is 22.8 Å². The number of rotatable bonds is 8. The van der Waals surface area contributed by atoms with E-state index in [1.165, 1.54) is 6.08 Å². The van der Waals surface area contributed by atoms with E-state index in [4.69, 9.17) is 28.1 Å². The van der Waals surface area contributed by atoms with E-state index >= 15 is 0 Å². The number of hydrogen-bond acceptors (Lipinski definition) is 8. The number of carbonyl (C=O) groups is 1. The van der Waals surface area contributed by atoms with Gasteiger partial charge in [0.15, 0.2) is 14.1 Å². The van der Waals surface area contributed by atoms with Crippen LogP contribution < -0.4 is 0 Å². The van der Waals surface area contributed by atoms with Crippen LogP contribution in [0.3, 0.4) is 0 Å². The first-order valence-electron chi connectivity index (χ1n) is 16.1. The van der Waals surface area contributed by atoms with Crippen molar-refractivity contribution in [2.24, 2.45) is 5.92 Å². The third kappa shape index (κ3) is 7.57. The molecule has 4 saturated heterocycles. The molecule has 1 spiro atoms. The van der Waals surface area contributed by atoms with Gasteiger partial charge in [0.25, 0.3) is 0 Å². The van der Waals surface area contributed by atoms with Crippen LogP contribution in [0, 0.1) is 5.92 Å². The van der Waals surface area contributed by atoms with Crippen molar-refractivity contribution in [3.63, 3.8) is 0 Å². The summed E-state index contributed by atoms with van der Waals surface area (Å²) in [6.07, 6.45) is 4.58. The van der Waals surface area contributed by atoms with E-state index in [0.29, 0.717) is 11.5 Å². The maximum atomic E-state index is 12.7. The number of ether oxygens (including phenoxy) is 5. The first-order valence-corrected chi connectivity index (χ1v) is 20.5. The van der Waals surface area contributed by atoms with Crippen LogP contribution in [0.1, 0.15) is 101 Å². The van der Waals surface area contributed by atoms with Gasteiger partial charge in [-0.3, -0.25) is 0 Å². The molecule has 248 valence electrons. The predicted octanol–water partition coefficient (Wildman–Crippen LogP) is 6.86. The lowest BCUT2D eigenvalue weighted by Gasteiger charge is -2.53. The number of aliphatic hydroxyl groups is 1. The van der Waals surface area contributed by atoms with Crippen LogP contribution in [0.2, 0.25) is 18.1 Å². The van der Waals surface area contributed by atoms with Crippen molar-refractivity contribution >= 4 is 36.9 Å². The average Bonchev–Trinajstić information content (AvgIpc) is 3.58. The number of esters is 1. The van der Waals surface area contributed by atoms with Crippen LogP contribution in [0.25, 0.3) is 0 Å². The van der Waals surface area contributed by atoms with Crippen LogP contribution in [-0.2, 0) is 32.9 Å². The molecule has 1 N–H and O–H groups in total. The summed E-state index contributed by atoms with van der Waals surface area (Å²) in [5.41, 5.74) is -2.03. The minimum atomic E-state index is -2.34. The lowest BCUT2D eigenvalue weighted by atomic mass is 9.78. The molecular formula is C33H57IO8Si. The Hall–Kier alpha value is -0.0831. The molecule has 0 aromatic rings. The summed E-state index contributed by atoms with van der Waals surface area (Å²) >= 11 is 2.40. The highest BCUT2D eigenvalue weighted by atomic mass is 127. The fraction of sp³-hybridized carbons (Fsp3) is 0.909. The Balaban J connectivity index is 1.51. The molecule has 4 aliphatic rings. The van der Waals surface area contributed by atoms with Gasteiger partial charge in [-0.1, -0.05) is 50.3 Å². The quantitative estimate of drug-likeness (QED) is 0.0722. The average molecular weight is 737 g/mol. The molecule has 8 nitrogen and oxygen atoms in total. The Morgan fingerprint density at radius 1 is 1.09 bits per heavy atom. The molecule has 10 heteroatoms. The van der Waals surface area contributed by atoms with Gasteiger partial charge in [-0.05, 0) is 90.9 Å². The van der Waals surface area contributed by atoms with Crippen molar-refractivity contribution < 1.29 is 38.0 Å². The van der Waals surface area contributed by atoms with Gasteiger partial charge >= 0.3 is 5.97 Å². The molecule has 0 amide bonds. The van der Waals surface area contributed by atoms with Crippen molar-refractivity contribution in [3.05, 3.63) is 11.6 Å². The summed E-state index contributed by atoms with van der Waals surface area (Å²) in [6.45, 7) is 24.3. The summed E-state index contributed by atoms with van der Waals surface area (Å²) in [4.78, 5) is 12.7. The zero-order chi connectivity index (χ0) is 32.4. The predicted molar refractivity (Wildman–Crippen MR) is 178 cm³/mol. The SMILES string of the molecule is C/C(=C/C(=O)OC(C)(C)C)[C@@](C)(O)[C@H](O[Si](C)(C)C(C)(C)C)[C@@H]1O[C@H]1[C@@H]1CC[C@H]2O[C@@]3(CC[C@]2(C)O1)O[C@@H](CI)C[C@@H]3C. The van der Waals surface area contributed by atoms with E-state index in [1.54, 1.807) is 13.8 Å². The maximum absolute atomic E-state index is 12.7. The molecule has 43 heavy (non-hydrogen) atoms. The highest BCUT2D eigenvalue weighted by Crippen LogP contribution is 2.53. The molecule has 0 unspecified atom stereocenters. The molecule has 0 radical (unpaired) electrons. The molecular weight excluding hydrogens is 679 g/mol. The van der Waals surface area contributed by atoms with Gasteiger partial charge < -0.3 is 33.2 Å². The number of alkyl halides is 1. The molecule has 0 aromatic heterocycles. The molecule has 0 saturated carbocycles. The second-order valence-electron chi connectivity index (χ2n) is 16.4. The Bertz CT molecular complexity index is 1060. The van der Waals surface area contributed by atoms with Crippen molar-refractivity contribution in [1.29, 1.82) is 0 Å². The summed E-state index contributed by atoms with van der Waals surface area (Å²) in [6, 6.07) is 0. The van der Waals surface area contributed by atoms with E-state index in [2.05, 4.69) is 70.3 Å². The van der Waals surface area contributed by atoms with Gasteiger partial charge in [0.1, 0.15) is 29.5 Å².